The predicted octanol–water partition coefficient (Wildman–Crippen LogP) is 2.70. The molecule has 1 saturated heterocycles. The summed E-state index contributed by atoms with van der Waals surface area (Å²) in [6, 6.07) is 2.39. The molecule has 0 aliphatic carbocycles. The summed E-state index contributed by atoms with van der Waals surface area (Å²) in [5.74, 6) is 9.11. The zero-order valence-corrected chi connectivity index (χ0v) is 17.5. The minimum absolute atomic E-state index is 0.422. The quantitative estimate of drug-likeness (QED) is 0.601. The molecule has 124 valence electrons. The molecule has 1 aliphatic rings. The van der Waals surface area contributed by atoms with E-state index in [0.717, 1.165) is 0 Å². The lowest BCUT2D eigenvalue weighted by Crippen LogP contribution is -2.82. The third kappa shape index (κ3) is 2.82. The van der Waals surface area contributed by atoms with Crippen molar-refractivity contribution in [2.24, 2.45) is 5.73 Å². The van der Waals surface area contributed by atoms with Gasteiger partial charge in [-0.25, -0.2) is 0 Å². The highest BCUT2D eigenvalue weighted by Crippen LogP contribution is 2.51. The van der Waals surface area contributed by atoms with Crippen molar-refractivity contribution in [2.75, 3.05) is 0 Å². The topological polar surface area (TPSA) is 46.2 Å². The van der Waals surface area contributed by atoms with Crippen molar-refractivity contribution in [3.8, 4) is 24.2 Å². The molecule has 0 bridgehead atoms. The van der Waals surface area contributed by atoms with Gasteiger partial charge in [0.2, 0.25) is 6.23 Å². The number of aliphatic hydroxyl groups excluding tert-OH is 1. The number of aliphatic hydroxyl groups is 1. The Kier molecular flexibility index (Phi) is 4.88. The van der Waals surface area contributed by atoms with Crippen LogP contribution in [0, 0.1) is 24.2 Å². The molecular formula is C17H33N2OSi2+. The van der Waals surface area contributed by atoms with Crippen molar-refractivity contribution in [1.82, 2.24) is 0 Å². The molecule has 1 rings (SSSR count). The molecule has 22 heavy (non-hydrogen) atoms. The summed E-state index contributed by atoms with van der Waals surface area (Å²) < 4.78 is 0.645. The van der Waals surface area contributed by atoms with Gasteiger partial charge in [-0.1, -0.05) is 5.92 Å². The van der Waals surface area contributed by atoms with Crippen LogP contribution in [0.15, 0.2) is 0 Å². The third-order valence-corrected chi connectivity index (χ3v) is 17.9. The second-order valence-corrected chi connectivity index (χ2v) is 19.0. The van der Waals surface area contributed by atoms with Crippen LogP contribution in [-0.4, -0.2) is 42.7 Å². The molecular weight excluding hydrogens is 304 g/mol. The number of terminal acetylenes is 1. The Morgan fingerprint density at radius 2 is 1.50 bits per heavy atom. The van der Waals surface area contributed by atoms with E-state index in [1.54, 1.807) is 0 Å². The van der Waals surface area contributed by atoms with Gasteiger partial charge in [0, 0.05) is 0 Å². The average molecular weight is 338 g/mol. The van der Waals surface area contributed by atoms with Crippen LogP contribution in [0.1, 0.15) is 27.7 Å². The zero-order valence-electron chi connectivity index (χ0n) is 15.5. The van der Waals surface area contributed by atoms with Crippen LogP contribution in [-0.2, 0) is 0 Å². The average Bonchev–Trinajstić information content (AvgIpc) is 2.53. The Hall–Kier alpha value is -0.566. The van der Waals surface area contributed by atoms with Gasteiger partial charge in [0.05, 0.1) is 5.54 Å². The van der Waals surface area contributed by atoms with Crippen molar-refractivity contribution >= 4 is 16.5 Å². The molecule has 1 heterocycles. The van der Waals surface area contributed by atoms with Crippen LogP contribution in [0.2, 0.25) is 38.3 Å². The minimum atomic E-state index is -1.81. The summed E-state index contributed by atoms with van der Waals surface area (Å²) in [7, 11) is -3.62. The molecule has 3 nitrogen and oxygen atoms in total. The van der Waals surface area contributed by atoms with Crippen molar-refractivity contribution in [3.63, 3.8) is 0 Å². The van der Waals surface area contributed by atoms with E-state index >= 15 is 0 Å². The first-order valence-corrected chi connectivity index (χ1v) is 14.3. The largest absolute Gasteiger partial charge is 0.394 e. The highest BCUT2D eigenvalue weighted by atomic mass is 28.4. The van der Waals surface area contributed by atoms with Gasteiger partial charge in [0.25, 0.3) is 16.5 Å². The van der Waals surface area contributed by atoms with Crippen molar-refractivity contribution in [2.45, 2.75) is 83.3 Å². The summed E-state index contributed by atoms with van der Waals surface area (Å²) in [4.78, 5) is 0. The fourth-order valence-electron chi connectivity index (χ4n) is 4.71. The fourth-order valence-corrected chi connectivity index (χ4v) is 22.1. The van der Waals surface area contributed by atoms with E-state index < -0.39 is 33.8 Å². The summed E-state index contributed by atoms with van der Waals surface area (Å²) in [5, 5.41) is 11.2. The minimum Gasteiger partial charge on any atom is -0.394 e. The first-order valence-electron chi connectivity index (χ1n) is 8.01. The maximum Gasteiger partial charge on any atom is 0.266 e. The SMILES string of the molecule is C#CC(C)(C)[N+]1(C(O)C#CC(C)(C)N)[Si](C)(C)CC[Si]1(C)C. The fraction of sp³-hybridized carbons (Fsp3) is 0.765. The Morgan fingerprint density at radius 3 is 1.82 bits per heavy atom. The molecule has 1 atom stereocenters. The number of nitrogens with two attached hydrogens (primary N) is 1. The van der Waals surface area contributed by atoms with Gasteiger partial charge >= 0.3 is 0 Å². The maximum atomic E-state index is 11.2. The molecule has 0 saturated carbocycles. The summed E-state index contributed by atoms with van der Waals surface area (Å²) in [6.45, 7) is 17.3. The molecule has 5 heteroatoms. The highest BCUT2D eigenvalue weighted by molar-refractivity contribution is 6.88. The van der Waals surface area contributed by atoms with Crippen molar-refractivity contribution in [1.29, 1.82) is 0 Å². The van der Waals surface area contributed by atoms with Gasteiger partial charge < -0.3 is 14.7 Å². The Balaban J connectivity index is 3.63. The van der Waals surface area contributed by atoms with Crippen LogP contribution in [0.5, 0.6) is 0 Å². The number of nitrogens with zero attached hydrogens (tertiary/aromatic N) is 1. The molecule has 3 N–H and O–H groups in total. The van der Waals surface area contributed by atoms with Crippen LogP contribution in [0.25, 0.3) is 0 Å². The molecule has 0 radical (unpaired) electrons. The lowest BCUT2D eigenvalue weighted by atomic mass is 10.1. The molecule has 0 aromatic heterocycles. The second-order valence-electron chi connectivity index (χ2n) is 8.92. The van der Waals surface area contributed by atoms with E-state index in [4.69, 9.17) is 12.2 Å². The zero-order chi connectivity index (χ0) is 17.6. The maximum absolute atomic E-state index is 11.2. The van der Waals surface area contributed by atoms with E-state index in [1.807, 2.05) is 13.8 Å². The van der Waals surface area contributed by atoms with E-state index in [1.165, 1.54) is 12.1 Å². The predicted molar refractivity (Wildman–Crippen MR) is 99.8 cm³/mol. The van der Waals surface area contributed by atoms with E-state index in [-0.39, 0.29) is 0 Å². The normalized spacial score (nSPS) is 24.0. The standard InChI is InChI=1S/C17H33N2OSi2/c1-10-17(4,5)19(15(20)11-12-16(2,3)18)21(6,7)13-14-22(19,8)9/h1,15,20H,13-14,18H2,2-9H3/q+1. The molecule has 0 aromatic carbocycles. The number of rotatable bonds is 2. The highest BCUT2D eigenvalue weighted by Gasteiger charge is 2.70. The van der Waals surface area contributed by atoms with Gasteiger partial charge in [-0.15, -0.1) is 6.42 Å². The van der Waals surface area contributed by atoms with Gasteiger partial charge in [-0.3, -0.25) is 0 Å². The third-order valence-electron chi connectivity index (χ3n) is 5.38. The molecule has 1 unspecified atom stereocenters. The number of quaternary nitrogens is 1. The van der Waals surface area contributed by atoms with Crippen molar-refractivity contribution in [3.05, 3.63) is 0 Å². The monoisotopic (exact) mass is 337 g/mol. The molecule has 0 aromatic rings. The first-order chi connectivity index (χ1) is 9.65. The number of hydrogen-bond donors (Lipinski definition) is 2. The Morgan fingerprint density at radius 1 is 1.09 bits per heavy atom. The van der Waals surface area contributed by atoms with E-state index in [2.05, 4.69) is 57.8 Å². The smallest absolute Gasteiger partial charge is 0.266 e. The van der Waals surface area contributed by atoms with Crippen molar-refractivity contribution < 1.29 is 8.92 Å². The molecule has 0 amide bonds. The van der Waals surface area contributed by atoms with Gasteiger partial charge in [0.1, 0.15) is 5.54 Å². The van der Waals surface area contributed by atoms with Crippen LogP contribution in [0.3, 0.4) is 0 Å². The Labute approximate surface area is 139 Å². The molecule has 1 fully saturated rings. The Bertz CT molecular complexity index is 526. The van der Waals surface area contributed by atoms with Crippen LogP contribution >= 0.6 is 0 Å². The molecule has 1 aliphatic heterocycles. The number of hydrogen-bond acceptors (Lipinski definition) is 2. The van der Waals surface area contributed by atoms with Gasteiger partial charge in [-0.05, 0) is 77.8 Å². The summed E-state index contributed by atoms with van der Waals surface area (Å²) >= 11 is 0. The summed E-state index contributed by atoms with van der Waals surface area (Å²) in [6.07, 6.45) is 5.18. The van der Waals surface area contributed by atoms with Crippen LogP contribution < -0.4 is 5.73 Å². The molecule has 0 spiro atoms. The van der Waals surface area contributed by atoms with E-state index in [9.17, 15) is 5.11 Å². The lowest BCUT2D eigenvalue weighted by Gasteiger charge is -2.62. The summed E-state index contributed by atoms with van der Waals surface area (Å²) in [5.41, 5.74) is 4.96. The van der Waals surface area contributed by atoms with Gasteiger partial charge in [-0.2, -0.15) is 0 Å². The lowest BCUT2D eigenvalue weighted by molar-refractivity contribution is -0.817. The first kappa shape index (κ1) is 19.5. The van der Waals surface area contributed by atoms with Gasteiger partial charge in [0.15, 0.2) is 0 Å². The second kappa shape index (κ2) is 5.51. The van der Waals surface area contributed by atoms with Crippen LogP contribution in [0.4, 0.5) is 0 Å². The van der Waals surface area contributed by atoms with E-state index in [0.29, 0.717) is 3.81 Å².